The molecule has 2 atom stereocenters. The maximum Gasteiger partial charge on any atom is 0.156 e. The van der Waals surface area contributed by atoms with Crippen LogP contribution >= 0.6 is 0 Å². The van der Waals surface area contributed by atoms with E-state index in [2.05, 4.69) is 15.3 Å². The van der Waals surface area contributed by atoms with Crippen molar-refractivity contribution in [2.75, 3.05) is 12.3 Å². The summed E-state index contributed by atoms with van der Waals surface area (Å²) in [4.78, 5) is 14.2. The van der Waals surface area contributed by atoms with Crippen LogP contribution in [0.1, 0.15) is 38.5 Å². The minimum atomic E-state index is -1.50. The fraction of sp³-hybridized carbons (Fsp3) is 0.571. The maximum atomic E-state index is 10.2. The van der Waals surface area contributed by atoms with Gasteiger partial charge in [-0.1, -0.05) is 5.18 Å². The monoisotopic (exact) mass is 323 g/mol. The van der Waals surface area contributed by atoms with E-state index in [9.17, 15) is 4.91 Å². The molecule has 0 spiro atoms. The number of rotatable bonds is 3. The van der Waals surface area contributed by atoms with Crippen LogP contribution in [0.3, 0.4) is 0 Å². The molecule has 0 aromatic carbocycles. The van der Waals surface area contributed by atoms with E-state index >= 15 is 0 Å². The van der Waals surface area contributed by atoms with E-state index in [1.54, 1.807) is 4.52 Å². The Hall–Kier alpha value is -2.10. The molecule has 126 valence electrons. The molecule has 1 aliphatic rings. The Morgan fingerprint density at radius 1 is 1.43 bits per heavy atom. The molecule has 23 heavy (non-hydrogen) atoms. The molecule has 0 radical (unpaired) electrons. The average molecular weight is 323 g/mol. The van der Waals surface area contributed by atoms with E-state index in [4.69, 9.17) is 20.7 Å². The number of anilines is 1. The molecule has 9 heteroatoms. The van der Waals surface area contributed by atoms with Crippen LogP contribution < -0.4 is 5.73 Å². The Labute approximate surface area is 133 Å². The zero-order valence-electron chi connectivity index (χ0n) is 13.1. The van der Waals surface area contributed by atoms with Gasteiger partial charge in [0, 0.05) is 0 Å². The fourth-order valence-corrected chi connectivity index (χ4v) is 2.36. The maximum absolute atomic E-state index is 10.2. The van der Waals surface area contributed by atoms with Crippen LogP contribution in [0.4, 0.5) is 5.82 Å². The van der Waals surface area contributed by atoms with E-state index in [1.165, 1.54) is 20.2 Å². The van der Waals surface area contributed by atoms with Crippen molar-refractivity contribution >= 4 is 11.3 Å². The first kappa shape index (κ1) is 17.3. The number of hydrogen-bond acceptors (Lipinski definition) is 8. The quantitative estimate of drug-likeness (QED) is 0.566. The number of nitrogen functional groups attached to an aromatic ring is 1. The van der Waals surface area contributed by atoms with Crippen LogP contribution in [0.25, 0.3) is 5.52 Å². The molecule has 0 saturated carbocycles. The molecule has 1 saturated heterocycles. The van der Waals surface area contributed by atoms with E-state index < -0.39 is 5.79 Å². The molecule has 0 amide bonds. The molecule has 1 aliphatic heterocycles. The van der Waals surface area contributed by atoms with Gasteiger partial charge in [-0.15, -0.1) is 0 Å². The van der Waals surface area contributed by atoms with Crippen LogP contribution in [0.2, 0.25) is 0 Å². The molecule has 2 unspecified atom stereocenters. The van der Waals surface area contributed by atoms with E-state index in [-0.39, 0.29) is 18.8 Å². The summed E-state index contributed by atoms with van der Waals surface area (Å²) in [5.41, 5.74) is 7.48. The second kappa shape index (κ2) is 6.99. The van der Waals surface area contributed by atoms with Gasteiger partial charge >= 0.3 is 0 Å². The number of fused-ring (bicyclic) bond motifs is 1. The zero-order chi connectivity index (χ0) is 17.0. The van der Waals surface area contributed by atoms with Crippen LogP contribution in [0, 0.1) is 4.91 Å². The lowest BCUT2D eigenvalue weighted by molar-refractivity contribution is -0.127. The van der Waals surface area contributed by atoms with Gasteiger partial charge in [-0.3, -0.25) is 0 Å². The molecular formula is C14H21N5O4. The highest BCUT2D eigenvalue weighted by atomic mass is 16.5. The third kappa shape index (κ3) is 4.68. The number of nitrogens with zero attached hydrogens (tertiary/aromatic N) is 4. The summed E-state index contributed by atoms with van der Waals surface area (Å²) >= 11 is 0. The molecule has 3 rings (SSSR count). The van der Waals surface area contributed by atoms with Crippen LogP contribution in [0.15, 0.2) is 23.6 Å². The second-order valence-electron chi connectivity index (χ2n) is 5.83. The Morgan fingerprint density at radius 2 is 2.13 bits per heavy atom. The SMILES string of the molecule is CC(C)(O)O.Nc1ncnn2c(C3CCC(CN=O)O3)ccc12. The van der Waals surface area contributed by atoms with Crippen LogP contribution in [-0.2, 0) is 4.74 Å². The van der Waals surface area contributed by atoms with E-state index in [0.717, 1.165) is 24.1 Å². The predicted molar refractivity (Wildman–Crippen MR) is 83.4 cm³/mol. The Bertz CT molecular complexity index is 661. The molecular weight excluding hydrogens is 302 g/mol. The van der Waals surface area contributed by atoms with Gasteiger partial charge in [0.2, 0.25) is 0 Å². The standard InChI is InChI=1S/C11H13N5O2.C3H8O2/c12-11-9-3-2-8(16(9)14-6-13-11)10-4-1-7(18-10)5-15-17;1-3(2,4)5/h2-3,6-7,10H,1,4-5H2,(H2,12,13,14);4-5H,1-2H3. The first-order chi connectivity index (χ1) is 10.8. The largest absolute Gasteiger partial charge is 0.382 e. The molecule has 2 aromatic rings. The normalized spacial score (nSPS) is 21.0. The first-order valence-corrected chi connectivity index (χ1v) is 7.27. The molecule has 0 bridgehead atoms. The van der Waals surface area contributed by atoms with Crippen molar-refractivity contribution in [3.05, 3.63) is 29.1 Å². The number of nitroso groups, excluding NO2 is 1. The van der Waals surface area contributed by atoms with Crippen LogP contribution in [-0.4, -0.2) is 43.2 Å². The van der Waals surface area contributed by atoms with Crippen molar-refractivity contribution in [1.29, 1.82) is 0 Å². The highest BCUT2D eigenvalue weighted by Crippen LogP contribution is 2.33. The van der Waals surface area contributed by atoms with Crippen LogP contribution in [0.5, 0.6) is 0 Å². The highest BCUT2D eigenvalue weighted by Gasteiger charge is 2.29. The third-order valence-electron chi connectivity index (χ3n) is 3.23. The Morgan fingerprint density at radius 3 is 2.78 bits per heavy atom. The van der Waals surface area contributed by atoms with E-state index in [0.29, 0.717) is 5.82 Å². The summed E-state index contributed by atoms with van der Waals surface area (Å²) in [5, 5.41) is 23.2. The lowest BCUT2D eigenvalue weighted by Gasteiger charge is -2.11. The number of nitrogens with two attached hydrogens (primary N) is 1. The summed E-state index contributed by atoms with van der Waals surface area (Å²) in [6.45, 7) is 2.80. The van der Waals surface area contributed by atoms with Crippen molar-refractivity contribution < 1.29 is 14.9 Å². The van der Waals surface area contributed by atoms with Crippen molar-refractivity contribution in [3.8, 4) is 0 Å². The smallest absolute Gasteiger partial charge is 0.156 e. The Balaban J connectivity index is 0.000000338. The molecule has 3 heterocycles. The predicted octanol–water partition coefficient (Wildman–Crippen LogP) is 1.01. The summed E-state index contributed by atoms with van der Waals surface area (Å²) in [6, 6.07) is 3.81. The van der Waals surface area contributed by atoms with Gasteiger partial charge in [-0.25, -0.2) is 9.50 Å². The van der Waals surface area contributed by atoms with Gasteiger partial charge in [0.05, 0.1) is 11.8 Å². The van der Waals surface area contributed by atoms with Crippen molar-refractivity contribution in [2.24, 2.45) is 5.18 Å². The molecule has 2 aromatic heterocycles. The van der Waals surface area contributed by atoms with Gasteiger partial charge in [-0.05, 0) is 38.8 Å². The van der Waals surface area contributed by atoms with Crippen molar-refractivity contribution in [2.45, 2.75) is 44.7 Å². The number of hydrogen-bond donors (Lipinski definition) is 3. The zero-order valence-corrected chi connectivity index (χ0v) is 13.1. The van der Waals surface area contributed by atoms with Crippen molar-refractivity contribution in [3.63, 3.8) is 0 Å². The van der Waals surface area contributed by atoms with Gasteiger partial charge in [0.15, 0.2) is 11.6 Å². The second-order valence-corrected chi connectivity index (χ2v) is 5.83. The molecule has 0 aliphatic carbocycles. The van der Waals surface area contributed by atoms with Gasteiger partial charge in [0.25, 0.3) is 0 Å². The topological polar surface area (TPSA) is 135 Å². The number of ether oxygens (including phenoxy) is 1. The van der Waals surface area contributed by atoms with Gasteiger partial charge in [-0.2, -0.15) is 10.0 Å². The lowest BCUT2D eigenvalue weighted by atomic mass is 10.1. The minimum Gasteiger partial charge on any atom is -0.382 e. The molecule has 4 N–H and O–H groups in total. The Kier molecular flexibility index (Phi) is 5.24. The summed E-state index contributed by atoms with van der Waals surface area (Å²) in [6.07, 6.45) is 2.97. The van der Waals surface area contributed by atoms with E-state index in [1.807, 2.05) is 12.1 Å². The van der Waals surface area contributed by atoms with Gasteiger partial charge in [0.1, 0.15) is 24.5 Å². The average Bonchev–Trinajstić information content (AvgIpc) is 3.04. The number of aromatic nitrogens is 3. The number of aliphatic hydroxyl groups is 2. The molecule has 1 fully saturated rings. The summed E-state index contributed by atoms with van der Waals surface area (Å²) in [7, 11) is 0. The first-order valence-electron chi connectivity index (χ1n) is 7.27. The third-order valence-corrected chi connectivity index (χ3v) is 3.23. The fourth-order valence-electron chi connectivity index (χ4n) is 2.36. The van der Waals surface area contributed by atoms with Crippen molar-refractivity contribution in [1.82, 2.24) is 14.6 Å². The summed E-state index contributed by atoms with van der Waals surface area (Å²) in [5.74, 6) is -1.06. The summed E-state index contributed by atoms with van der Waals surface area (Å²) < 4.78 is 7.52. The van der Waals surface area contributed by atoms with Gasteiger partial charge < -0.3 is 20.7 Å². The molecule has 9 nitrogen and oxygen atoms in total. The lowest BCUT2D eigenvalue weighted by Crippen LogP contribution is -2.15. The minimum absolute atomic E-state index is 0.0615. The highest BCUT2D eigenvalue weighted by molar-refractivity contribution is 5.65.